The Labute approximate surface area is 143 Å². The van der Waals surface area contributed by atoms with Gasteiger partial charge in [-0.25, -0.2) is 8.42 Å². The molecule has 1 unspecified atom stereocenters. The summed E-state index contributed by atoms with van der Waals surface area (Å²) in [5, 5.41) is 2.81. The van der Waals surface area contributed by atoms with Crippen LogP contribution in [0.15, 0.2) is 30.3 Å². The minimum atomic E-state index is -3.55. The fourth-order valence-corrected chi connectivity index (χ4v) is 4.05. The first-order valence-electron chi connectivity index (χ1n) is 7.48. The van der Waals surface area contributed by atoms with Crippen molar-refractivity contribution >= 4 is 33.4 Å². The van der Waals surface area contributed by atoms with Gasteiger partial charge in [-0.05, 0) is 19.1 Å². The van der Waals surface area contributed by atoms with Gasteiger partial charge < -0.3 is 5.32 Å². The highest BCUT2D eigenvalue weighted by molar-refractivity contribution is 8.00. The number of anilines is 1. The van der Waals surface area contributed by atoms with E-state index in [4.69, 9.17) is 0 Å². The summed E-state index contributed by atoms with van der Waals surface area (Å²) in [7, 11) is -3.55. The summed E-state index contributed by atoms with van der Waals surface area (Å²) >= 11 is 1.75. The summed E-state index contributed by atoms with van der Waals surface area (Å²) in [5.41, 5.74) is 0.488. The van der Waals surface area contributed by atoms with E-state index in [1.807, 2.05) is 0 Å². The van der Waals surface area contributed by atoms with Gasteiger partial charge in [0.25, 0.3) is 0 Å². The monoisotopic (exact) mass is 358 g/mol. The highest BCUT2D eigenvalue weighted by atomic mass is 32.2. The van der Waals surface area contributed by atoms with Crippen LogP contribution in [0.5, 0.6) is 0 Å². The first-order valence-corrected chi connectivity index (χ1v) is 10.3. The van der Waals surface area contributed by atoms with Gasteiger partial charge in [0.1, 0.15) is 6.04 Å². The number of para-hydroxylation sites is 1. The van der Waals surface area contributed by atoms with Crippen LogP contribution in [0.2, 0.25) is 0 Å². The fourth-order valence-electron chi connectivity index (χ4n) is 2.06. The average molecular weight is 359 g/mol. The van der Waals surface area contributed by atoms with E-state index >= 15 is 0 Å². The quantitative estimate of drug-likeness (QED) is 0.761. The summed E-state index contributed by atoms with van der Waals surface area (Å²) < 4.78 is 25.5. The maximum Gasteiger partial charge on any atom is 0.243 e. The number of rotatable bonds is 7. The molecule has 0 spiro atoms. The molecule has 23 heavy (non-hydrogen) atoms. The Morgan fingerprint density at radius 1 is 1.26 bits per heavy atom. The van der Waals surface area contributed by atoms with Gasteiger partial charge in [0.2, 0.25) is 15.9 Å². The van der Waals surface area contributed by atoms with Crippen LogP contribution in [-0.2, 0) is 14.8 Å². The number of thioether (sulfide) groups is 1. The molecule has 1 rings (SSSR count). The van der Waals surface area contributed by atoms with E-state index in [-0.39, 0.29) is 10.7 Å². The van der Waals surface area contributed by atoms with Crippen molar-refractivity contribution in [2.75, 3.05) is 22.9 Å². The van der Waals surface area contributed by atoms with Crippen molar-refractivity contribution in [2.24, 2.45) is 0 Å². The van der Waals surface area contributed by atoms with Crippen LogP contribution in [0, 0.1) is 0 Å². The minimum Gasteiger partial charge on any atom is -0.353 e. The summed E-state index contributed by atoms with van der Waals surface area (Å²) in [4.78, 5) is 12.3. The van der Waals surface area contributed by atoms with Gasteiger partial charge in [-0.15, -0.1) is 0 Å². The second-order valence-corrected chi connectivity index (χ2v) is 10.1. The van der Waals surface area contributed by atoms with Crippen molar-refractivity contribution in [3.63, 3.8) is 0 Å². The zero-order chi connectivity index (χ0) is 17.7. The number of carbonyl (C=O) groups is 1. The summed E-state index contributed by atoms with van der Waals surface area (Å²) in [6.07, 6.45) is 1.11. The molecule has 0 bridgehead atoms. The van der Waals surface area contributed by atoms with Crippen LogP contribution < -0.4 is 9.62 Å². The van der Waals surface area contributed by atoms with E-state index in [1.54, 1.807) is 49.0 Å². The van der Waals surface area contributed by atoms with Crippen LogP contribution in [0.3, 0.4) is 0 Å². The van der Waals surface area contributed by atoms with E-state index in [2.05, 4.69) is 26.1 Å². The van der Waals surface area contributed by atoms with Gasteiger partial charge in [0, 0.05) is 17.0 Å². The van der Waals surface area contributed by atoms with Gasteiger partial charge in [0.05, 0.1) is 11.9 Å². The first-order chi connectivity index (χ1) is 10.5. The first kappa shape index (κ1) is 19.8. The lowest BCUT2D eigenvalue weighted by atomic mass is 10.2. The smallest absolute Gasteiger partial charge is 0.243 e. The predicted molar refractivity (Wildman–Crippen MR) is 98.4 cm³/mol. The third-order valence-corrected chi connectivity index (χ3v) is 5.55. The van der Waals surface area contributed by atoms with Gasteiger partial charge in [-0.2, -0.15) is 11.8 Å². The maximum atomic E-state index is 12.3. The Hall–Kier alpha value is -1.21. The Morgan fingerprint density at radius 3 is 2.30 bits per heavy atom. The minimum absolute atomic E-state index is 0.138. The van der Waals surface area contributed by atoms with Crippen molar-refractivity contribution < 1.29 is 13.2 Å². The largest absolute Gasteiger partial charge is 0.353 e. The number of nitrogens with one attached hydrogen (secondary N) is 1. The number of amides is 1. The Balaban J connectivity index is 2.74. The van der Waals surface area contributed by atoms with Crippen molar-refractivity contribution in [3.05, 3.63) is 30.3 Å². The van der Waals surface area contributed by atoms with E-state index in [0.717, 1.165) is 16.3 Å². The molecule has 1 atom stereocenters. The van der Waals surface area contributed by atoms with Crippen LogP contribution in [0.25, 0.3) is 0 Å². The van der Waals surface area contributed by atoms with Crippen LogP contribution >= 0.6 is 11.8 Å². The van der Waals surface area contributed by atoms with Gasteiger partial charge in [-0.3, -0.25) is 9.10 Å². The molecule has 0 aliphatic carbocycles. The Kier molecular flexibility index (Phi) is 6.95. The summed E-state index contributed by atoms with van der Waals surface area (Å²) in [6.45, 7) is 8.45. The molecule has 0 saturated heterocycles. The van der Waals surface area contributed by atoms with Crippen LogP contribution in [-0.4, -0.2) is 43.7 Å². The van der Waals surface area contributed by atoms with Gasteiger partial charge in [0.15, 0.2) is 0 Å². The van der Waals surface area contributed by atoms with Crippen LogP contribution in [0.1, 0.15) is 27.7 Å². The second-order valence-electron chi connectivity index (χ2n) is 6.32. The molecule has 0 fully saturated rings. The Bertz CT molecular complexity index is 610. The van der Waals surface area contributed by atoms with Gasteiger partial charge >= 0.3 is 0 Å². The number of sulfonamides is 1. The molecule has 0 radical (unpaired) electrons. The number of carbonyl (C=O) groups excluding carboxylic acids is 1. The molecule has 0 aliphatic rings. The third-order valence-electron chi connectivity index (χ3n) is 3.04. The average Bonchev–Trinajstić information content (AvgIpc) is 2.42. The molecule has 1 amide bonds. The molecule has 1 aromatic rings. The number of nitrogens with zero attached hydrogens (tertiary/aromatic N) is 1. The number of benzene rings is 1. The lowest BCUT2D eigenvalue weighted by Gasteiger charge is -2.28. The van der Waals surface area contributed by atoms with Crippen molar-refractivity contribution in [1.29, 1.82) is 0 Å². The normalized spacial score (nSPS) is 13.4. The van der Waals surface area contributed by atoms with E-state index in [9.17, 15) is 13.2 Å². The van der Waals surface area contributed by atoms with Crippen molar-refractivity contribution in [3.8, 4) is 0 Å². The summed E-state index contributed by atoms with van der Waals surface area (Å²) in [5.74, 6) is 0.486. The maximum absolute atomic E-state index is 12.3. The molecular formula is C16H26N2O3S2. The summed E-state index contributed by atoms with van der Waals surface area (Å²) in [6, 6.07) is 7.86. The Morgan fingerprint density at radius 2 is 1.83 bits per heavy atom. The highest BCUT2D eigenvalue weighted by Crippen LogP contribution is 2.22. The standard InChI is InChI=1S/C16H26N2O3S2/c1-13(15(19)17-11-12-22-16(2,3)4)18(23(5,20)21)14-9-7-6-8-10-14/h6-10,13H,11-12H2,1-5H3,(H,17,19). The molecule has 0 saturated carbocycles. The lowest BCUT2D eigenvalue weighted by Crippen LogP contribution is -2.48. The predicted octanol–water partition coefficient (Wildman–Crippen LogP) is 2.49. The topological polar surface area (TPSA) is 66.5 Å². The number of hydrogen-bond donors (Lipinski definition) is 1. The fraction of sp³-hybridized carbons (Fsp3) is 0.562. The molecule has 0 heterocycles. The van der Waals surface area contributed by atoms with Gasteiger partial charge in [-0.1, -0.05) is 39.0 Å². The molecule has 5 nitrogen and oxygen atoms in total. The van der Waals surface area contributed by atoms with E-state index in [0.29, 0.717) is 12.2 Å². The number of hydrogen-bond acceptors (Lipinski definition) is 4. The lowest BCUT2D eigenvalue weighted by molar-refractivity contribution is -0.121. The van der Waals surface area contributed by atoms with Crippen LogP contribution in [0.4, 0.5) is 5.69 Å². The zero-order valence-corrected chi connectivity index (χ0v) is 16.0. The molecular weight excluding hydrogens is 332 g/mol. The third kappa shape index (κ3) is 6.83. The van der Waals surface area contributed by atoms with Crippen molar-refractivity contribution in [1.82, 2.24) is 5.32 Å². The molecule has 1 N–H and O–H groups in total. The SMILES string of the molecule is CC(C(=O)NCCSC(C)(C)C)N(c1ccccc1)S(C)(=O)=O. The molecule has 0 aromatic heterocycles. The zero-order valence-electron chi connectivity index (χ0n) is 14.4. The molecule has 130 valence electrons. The molecule has 1 aromatic carbocycles. The van der Waals surface area contributed by atoms with E-state index < -0.39 is 16.1 Å². The van der Waals surface area contributed by atoms with E-state index in [1.165, 1.54) is 0 Å². The molecule has 0 aliphatic heterocycles. The van der Waals surface area contributed by atoms with Crippen molar-refractivity contribution in [2.45, 2.75) is 38.5 Å². The second kappa shape index (κ2) is 8.06. The highest BCUT2D eigenvalue weighted by Gasteiger charge is 2.28. The molecule has 7 heteroatoms.